The van der Waals surface area contributed by atoms with Gasteiger partial charge in [0.1, 0.15) is 0 Å². The van der Waals surface area contributed by atoms with E-state index in [1.807, 2.05) is 13.8 Å². The molecule has 0 bridgehead atoms. The van der Waals surface area contributed by atoms with Crippen LogP contribution in [0.4, 0.5) is 18.9 Å². The maximum absolute atomic E-state index is 12.7. The summed E-state index contributed by atoms with van der Waals surface area (Å²) in [5, 5.41) is 5.54. The van der Waals surface area contributed by atoms with Crippen molar-refractivity contribution in [1.29, 1.82) is 0 Å². The molecule has 1 aromatic carbocycles. The number of carbonyl (C=O) groups excluding carboxylic acids is 1. The average molecular weight is 288 g/mol. The Kier molecular flexibility index (Phi) is 5.42. The third-order valence-electron chi connectivity index (χ3n) is 2.67. The Labute approximate surface area is 116 Å². The molecule has 0 aliphatic heterocycles. The van der Waals surface area contributed by atoms with Crippen molar-refractivity contribution in [3.8, 4) is 0 Å². The Balaban J connectivity index is 2.59. The largest absolute Gasteiger partial charge is 0.416 e. The predicted molar refractivity (Wildman–Crippen MR) is 72.6 cm³/mol. The van der Waals surface area contributed by atoms with E-state index < -0.39 is 11.7 Å². The molecule has 0 atom stereocenters. The maximum Gasteiger partial charge on any atom is 0.416 e. The molecule has 2 N–H and O–H groups in total. The Morgan fingerprint density at radius 3 is 2.50 bits per heavy atom. The van der Waals surface area contributed by atoms with Crippen LogP contribution in [0, 0.1) is 6.92 Å². The summed E-state index contributed by atoms with van der Waals surface area (Å²) < 4.78 is 38.2. The first-order valence-corrected chi connectivity index (χ1v) is 6.41. The van der Waals surface area contributed by atoms with Gasteiger partial charge in [-0.2, -0.15) is 13.2 Å². The minimum absolute atomic E-state index is 0.0544. The van der Waals surface area contributed by atoms with Gasteiger partial charge in [-0.25, -0.2) is 0 Å². The molecule has 1 rings (SSSR count). The van der Waals surface area contributed by atoms with Crippen molar-refractivity contribution in [3.63, 3.8) is 0 Å². The number of halogens is 3. The number of hydrogen-bond donors (Lipinski definition) is 2. The van der Waals surface area contributed by atoms with Crippen LogP contribution in [0.2, 0.25) is 0 Å². The fourth-order valence-corrected chi connectivity index (χ4v) is 1.75. The monoisotopic (exact) mass is 288 g/mol. The van der Waals surface area contributed by atoms with Crippen LogP contribution in [0.15, 0.2) is 18.2 Å². The van der Waals surface area contributed by atoms with Crippen LogP contribution in [0.5, 0.6) is 0 Å². The third-order valence-corrected chi connectivity index (χ3v) is 2.67. The Morgan fingerprint density at radius 2 is 1.95 bits per heavy atom. The fourth-order valence-electron chi connectivity index (χ4n) is 1.75. The zero-order chi connectivity index (χ0) is 15.3. The second-order valence-electron chi connectivity index (χ2n) is 4.93. The molecule has 0 fully saturated rings. The Morgan fingerprint density at radius 1 is 1.30 bits per heavy atom. The van der Waals surface area contributed by atoms with E-state index in [4.69, 9.17) is 0 Å². The van der Waals surface area contributed by atoms with Gasteiger partial charge >= 0.3 is 6.18 Å². The summed E-state index contributed by atoms with van der Waals surface area (Å²) in [5.41, 5.74) is -0.116. The molecular formula is C14H19F3N2O. The lowest BCUT2D eigenvalue weighted by Gasteiger charge is -2.13. The summed E-state index contributed by atoms with van der Waals surface area (Å²) in [6, 6.07) is 4.11. The first-order chi connectivity index (χ1) is 9.20. The molecule has 3 nitrogen and oxygen atoms in total. The minimum Gasteiger partial charge on any atom is -0.385 e. The van der Waals surface area contributed by atoms with Crippen LogP contribution < -0.4 is 10.6 Å². The standard InChI is InChI=1S/C14H19F3N2O/c1-9(2)19-13(20)6-7-18-11-5-4-10(3)12(8-11)14(15,16)17/h4-5,8-9,18H,6-7H2,1-3H3,(H,19,20). The maximum atomic E-state index is 12.7. The third kappa shape index (κ3) is 5.11. The van der Waals surface area contributed by atoms with Crippen LogP contribution >= 0.6 is 0 Å². The number of amides is 1. The number of aryl methyl sites for hydroxylation is 1. The number of rotatable bonds is 5. The number of benzene rings is 1. The fraction of sp³-hybridized carbons (Fsp3) is 0.500. The SMILES string of the molecule is Cc1ccc(NCCC(=O)NC(C)C)cc1C(F)(F)F. The van der Waals surface area contributed by atoms with Crippen LogP contribution in [0.3, 0.4) is 0 Å². The minimum atomic E-state index is -4.36. The van der Waals surface area contributed by atoms with E-state index in [0.717, 1.165) is 6.07 Å². The zero-order valence-corrected chi connectivity index (χ0v) is 11.8. The van der Waals surface area contributed by atoms with E-state index in [-0.39, 0.29) is 23.9 Å². The van der Waals surface area contributed by atoms with Crippen molar-refractivity contribution in [2.45, 2.75) is 39.4 Å². The number of anilines is 1. The van der Waals surface area contributed by atoms with Gasteiger partial charge in [-0.15, -0.1) is 0 Å². The number of alkyl halides is 3. The molecule has 112 valence electrons. The summed E-state index contributed by atoms with van der Waals surface area (Å²) in [6.45, 7) is 5.41. The van der Waals surface area contributed by atoms with Crippen molar-refractivity contribution >= 4 is 11.6 Å². The molecule has 0 aliphatic rings. The quantitative estimate of drug-likeness (QED) is 0.872. The zero-order valence-electron chi connectivity index (χ0n) is 11.8. The lowest BCUT2D eigenvalue weighted by molar-refractivity contribution is -0.138. The number of nitrogens with one attached hydrogen (secondary N) is 2. The molecule has 0 unspecified atom stereocenters. The Bertz CT molecular complexity index is 470. The molecule has 0 radical (unpaired) electrons. The van der Waals surface area contributed by atoms with Gasteiger partial charge in [0.25, 0.3) is 0 Å². The van der Waals surface area contributed by atoms with Crippen LogP contribution in [0.25, 0.3) is 0 Å². The summed E-state index contributed by atoms with van der Waals surface area (Å²) in [7, 11) is 0. The molecule has 0 aromatic heterocycles. The van der Waals surface area contributed by atoms with E-state index in [0.29, 0.717) is 12.2 Å². The predicted octanol–water partition coefficient (Wildman–Crippen LogP) is 3.34. The highest BCUT2D eigenvalue weighted by molar-refractivity contribution is 5.76. The van der Waals surface area contributed by atoms with Gasteiger partial charge in [0.2, 0.25) is 5.91 Å². The van der Waals surface area contributed by atoms with E-state index >= 15 is 0 Å². The van der Waals surface area contributed by atoms with Gasteiger partial charge in [0.15, 0.2) is 0 Å². The van der Waals surface area contributed by atoms with Gasteiger partial charge < -0.3 is 10.6 Å². The van der Waals surface area contributed by atoms with Gasteiger partial charge in [-0.1, -0.05) is 6.07 Å². The highest BCUT2D eigenvalue weighted by Crippen LogP contribution is 2.33. The van der Waals surface area contributed by atoms with E-state index in [2.05, 4.69) is 10.6 Å². The van der Waals surface area contributed by atoms with Crippen molar-refractivity contribution in [2.75, 3.05) is 11.9 Å². The first-order valence-electron chi connectivity index (χ1n) is 6.41. The number of carbonyl (C=O) groups is 1. The molecule has 20 heavy (non-hydrogen) atoms. The van der Waals surface area contributed by atoms with E-state index in [1.165, 1.54) is 13.0 Å². The lowest BCUT2D eigenvalue weighted by Crippen LogP contribution is -2.31. The van der Waals surface area contributed by atoms with Crippen LogP contribution in [0.1, 0.15) is 31.4 Å². The molecule has 0 saturated carbocycles. The van der Waals surface area contributed by atoms with Gasteiger partial charge in [-0.05, 0) is 38.5 Å². The highest BCUT2D eigenvalue weighted by atomic mass is 19.4. The van der Waals surface area contributed by atoms with Crippen molar-refractivity contribution < 1.29 is 18.0 Å². The molecule has 6 heteroatoms. The molecule has 1 amide bonds. The molecule has 0 spiro atoms. The van der Waals surface area contributed by atoms with Crippen molar-refractivity contribution in [3.05, 3.63) is 29.3 Å². The van der Waals surface area contributed by atoms with Crippen molar-refractivity contribution in [1.82, 2.24) is 5.32 Å². The summed E-state index contributed by atoms with van der Waals surface area (Å²) in [6.07, 6.45) is -4.15. The highest BCUT2D eigenvalue weighted by Gasteiger charge is 2.32. The van der Waals surface area contributed by atoms with Gasteiger partial charge in [-0.3, -0.25) is 4.79 Å². The van der Waals surface area contributed by atoms with Crippen LogP contribution in [-0.4, -0.2) is 18.5 Å². The number of hydrogen-bond acceptors (Lipinski definition) is 2. The summed E-state index contributed by atoms with van der Waals surface area (Å²) in [5.74, 6) is -0.129. The second-order valence-corrected chi connectivity index (χ2v) is 4.93. The van der Waals surface area contributed by atoms with Gasteiger partial charge in [0, 0.05) is 24.7 Å². The average Bonchev–Trinajstić information content (AvgIpc) is 2.28. The van der Waals surface area contributed by atoms with Crippen LogP contribution in [-0.2, 0) is 11.0 Å². The summed E-state index contributed by atoms with van der Waals surface area (Å²) >= 11 is 0. The van der Waals surface area contributed by atoms with Gasteiger partial charge in [0.05, 0.1) is 5.56 Å². The normalized spacial score (nSPS) is 11.6. The van der Waals surface area contributed by atoms with Crippen molar-refractivity contribution in [2.24, 2.45) is 0 Å². The smallest absolute Gasteiger partial charge is 0.385 e. The molecule has 0 aliphatic carbocycles. The van der Waals surface area contributed by atoms with E-state index in [9.17, 15) is 18.0 Å². The molecule has 1 aromatic rings. The van der Waals surface area contributed by atoms with E-state index in [1.54, 1.807) is 6.07 Å². The molecule has 0 saturated heterocycles. The second kappa shape index (κ2) is 6.63. The molecular weight excluding hydrogens is 269 g/mol. The first kappa shape index (κ1) is 16.3. The molecule has 0 heterocycles. The lowest BCUT2D eigenvalue weighted by atomic mass is 10.1. The Hall–Kier alpha value is -1.72. The summed E-state index contributed by atoms with van der Waals surface area (Å²) in [4.78, 5) is 11.4. The topological polar surface area (TPSA) is 41.1 Å².